The average molecular weight is 772 g/mol. The van der Waals surface area contributed by atoms with Gasteiger partial charge >= 0.3 is 19.2 Å². The lowest BCUT2D eigenvalue weighted by Gasteiger charge is -2.32. The van der Waals surface area contributed by atoms with Gasteiger partial charge in [-0.1, -0.05) is 45.9 Å². The molecule has 3 amide bonds. The molecular formula is C41H66BN3O10. The van der Waals surface area contributed by atoms with E-state index in [1.54, 1.807) is 46.1 Å². The van der Waals surface area contributed by atoms with Crippen molar-refractivity contribution in [1.29, 1.82) is 0 Å². The molecule has 2 N–H and O–H groups in total. The lowest BCUT2D eigenvalue weighted by atomic mass is 9.77. The molecule has 13 nitrogen and oxygen atoms in total. The van der Waals surface area contributed by atoms with E-state index in [1.807, 2.05) is 80.5 Å². The number of rotatable bonds is 14. The van der Waals surface area contributed by atoms with Gasteiger partial charge < -0.3 is 38.9 Å². The summed E-state index contributed by atoms with van der Waals surface area (Å²) < 4.78 is 33.9. The highest BCUT2D eigenvalue weighted by molar-refractivity contribution is 6.63. The first-order valence-electron chi connectivity index (χ1n) is 19.0. The van der Waals surface area contributed by atoms with E-state index in [0.717, 1.165) is 16.6 Å². The molecule has 0 bridgehead atoms. The monoisotopic (exact) mass is 771 g/mol. The van der Waals surface area contributed by atoms with E-state index in [1.165, 1.54) is 26.2 Å². The molecule has 3 rings (SSSR count). The number of carbonyl (C=O) groups is 4. The maximum Gasteiger partial charge on any atom is 0.498 e. The number of aryl methyl sites for hydroxylation is 2. The Bertz CT molecular complexity index is 1560. The number of nitrogens with zero attached hydrogens (tertiary/aromatic N) is 1. The largest absolute Gasteiger partial charge is 0.498 e. The van der Waals surface area contributed by atoms with Gasteiger partial charge in [0, 0.05) is 12.5 Å². The molecule has 1 unspecified atom stereocenters. The van der Waals surface area contributed by atoms with E-state index < -0.39 is 66.4 Å². The van der Waals surface area contributed by atoms with Crippen molar-refractivity contribution in [1.82, 2.24) is 15.5 Å². The van der Waals surface area contributed by atoms with Crippen LogP contribution in [0.1, 0.15) is 112 Å². The SMILES string of the molecule is CC.CC.COC(=O)[C@H](CCCc1ccc(OC)c(B2OC(C)(C)C(C)(C)O2)c1)NC(=O)CNC(=O)C(c1ccc(OC)c(C)c1)N(C)C(=O)OC(C)(C)C. The van der Waals surface area contributed by atoms with Gasteiger partial charge in [0.15, 0.2) is 0 Å². The molecular weight excluding hydrogens is 705 g/mol. The Labute approximate surface area is 329 Å². The standard InChI is InChI=1S/C37H54BN3O10.2C2H6/c1-23-20-25(17-19-28(23)46-10)31(41(9)34(45)49-35(2,3)4)32(43)39-22-30(42)40-27(33(44)48-12)15-13-14-24-16-18-29(47-11)26(21-24)38-50-36(5,6)37(7,8)51-38;2*1-2/h16-21,27,31H,13-15,22H2,1-12H3,(H,39,43)(H,40,42);2*1-2H3/t27-,31?;;/m0../s1. The summed E-state index contributed by atoms with van der Waals surface area (Å²) in [6.07, 6.45) is 0.670. The molecule has 1 saturated heterocycles. The molecule has 55 heavy (non-hydrogen) atoms. The highest BCUT2D eigenvalue weighted by Crippen LogP contribution is 2.37. The fourth-order valence-electron chi connectivity index (χ4n) is 5.57. The van der Waals surface area contributed by atoms with E-state index in [2.05, 4.69) is 10.6 Å². The third kappa shape index (κ3) is 13.7. The first-order valence-corrected chi connectivity index (χ1v) is 19.0. The van der Waals surface area contributed by atoms with Crippen LogP contribution in [0.25, 0.3) is 0 Å². The van der Waals surface area contributed by atoms with Crippen molar-refractivity contribution < 1.29 is 47.4 Å². The van der Waals surface area contributed by atoms with Gasteiger partial charge in [-0.25, -0.2) is 9.59 Å². The zero-order valence-electron chi connectivity index (χ0n) is 36.1. The molecule has 0 radical (unpaired) electrons. The van der Waals surface area contributed by atoms with Crippen molar-refractivity contribution >= 4 is 36.5 Å². The van der Waals surface area contributed by atoms with Crippen LogP contribution >= 0.6 is 0 Å². The zero-order chi connectivity index (χ0) is 42.3. The fourth-order valence-corrected chi connectivity index (χ4v) is 5.57. The number of ether oxygens (including phenoxy) is 4. The number of methoxy groups -OCH3 is 3. The summed E-state index contributed by atoms with van der Waals surface area (Å²) in [5, 5.41) is 5.29. The Balaban J connectivity index is 0.00000365. The van der Waals surface area contributed by atoms with Gasteiger partial charge in [-0.2, -0.15) is 0 Å². The van der Waals surface area contributed by atoms with Crippen LogP contribution in [0.5, 0.6) is 11.5 Å². The summed E-state index contributed by atoms with van der Waals surface area (Å²) in [4.78, 5) is 53.5. The number of hydrogen-bond acceptors (Lipinski definition) is 10. The van der Waals surface area contributed by atoms with Crippen molar-refractivity contribution in [3.05, 3.63) is 53.1 Å². The van der Waals surface area contributed by atoms with Crippen LogP contribution in [0.3, 0.4) is 0 Å². The van der Waals surface area contributed by atoms with Crippen LogP contribution in [-0.4, -0.2) is 93.7 Å². The van der Waals surface area contributed by atoms with Crippen LogP contribution in [-0.2, 0) is 39.6 Å². The van der Waals surface area contributed by atoms with Gasteiger partial charge in [0.2, 0.25) is 11.8 Å². The summed E-state index contributed by atoms with van der Waals surface area (Å²) in [6.45, 7) is 22.5. The summed E-state index contributed by atoms with van der Waals surface area (Å²) in [7, 11) is 5.22. The molecule has 0 aliphatic carbocycles. The quantitative estimate of drug-likeness (QED) is 0.171. The van der Waals surface area contributed by atoms with Gasteiger partial charge in [-0.15, -0.1) is 0 Å². The molecule has 1 heterocycles. The first-order chi connectivity index (χ1) is 25.7. The van der Waals surface area contributed by atoms with Crippen LogP contribution < -0.4 is 25.6 Å². The Kier molecular flexibility index (Phi) is 19.2. The van der Waals surface area contributed by atoms with Crippen molar-refractivity contribution in [3.8, 4) is 11.5 Å². The molecule has 0 spiro atoms. The Morgan fingerprint density at radius 2 is 1.44 bits per heavy atom. The van der Waals surface area contributed by atoms with E-state index in [0.29, 0.717) is 29.9 Å². The molecule has 1 aliphatic rings. The molecule has 14 heteroatoms. The van der Waals surface area contributed by atoms with Crippen molar-refractivity contribution in [2.45, 2.75) is 131 Å². The number of amides is 3. The summed E-state index contributed by atoms with van der Waals surface area (Å²) in [6, 6.07) is 8.79. The van der Waals surface area contributed by atoms with Gasteiger partial charge in [-0.05, 0) is 110 Å². The molecule has 2 atom stereocenters. The number of nitrogens with one attached hydrogen (secondary N) is 2. The van der Waals surface area contributed by atoms with E-state index in [-0.39, 0.29) is 6.42 Å². The third-order valence-corrected chi connectivity index (χ3v) is 9.06. The predicted octanol–water partition coefficient (Wildman–Crippen LogP) is 6.07. The number of benzene rings is 2. The number of hydrogen-bond donors (Lipinski definition) is 2. The van der Waals surface area contributed by atoms with E-state index in [9.17, 15) is 19.2 Å². The summed E-state index contributed by atoms with van der Waals surface area (Å²) >= 11 is 0. The minimum absolute atomic E-state index is 0.277. The maximum atomic E-state index is 13.6. The molecule has 0 saturated carbocycles. The van der Waals surface area contributed by atoms with Gasteiger partial charge in [-0.3, -0.25) is 14.5 Å². The van der Waals surface area contributed by atoms with Crippen LogP contribution in [0, 0.1) is 6.92 Å². The van der Waals surface area contributed by atoms with Crippen LogP contribution in [0.4, 0.5) is 4.79 Å². The Morgan fingerprint density at radius 1 is 0.873 bits per heavy atom. The topological polar surface area (TPSA) is 151 Å². The van der Waals surface area contributed by atoms with Gasteiger partial charge in [0.25, 0.3) is 0 Å². The highest BCUT2D eigenvalue weighted by Gasteiger charge is 2.52. The van der Waals surface area contributed by atoms with E-state index >= 15 is 0 Å². The smallest absolute Gasteiger partial charge is 0.497 e. The molecule has 308 valence electrons. The summed E-state index contributed by atoms with van der Waals surface area (Å²) in [5.74, 6) is -0.576. The fraction of sp³-hybridized carbons (Fsp3) is 0.610. The Morgan fingerprint density at radius 3 is 1.95 bits per heavy atom. The second-order valence-corrected chi connectivity index (χ2v) is 14.6. The van der Waals surface area contributed by atoms with Crippen molar-refractivity contribution in [3.63, 3.8) is 0 Å². The van der Waals surface area contributed by atoms with Crippen molar-refractivity contribution in [2.75, 3.05) is 34.9 Å². The second kappa shape index (κ2) is 21.7. The molecule has 2 aromatic rings. The molecule has 1 aliphatic heterocycles. The molecule has 1 fully saturated rings. The van der Waals surface area contributed by atoms with Gasteiger partial charge in [0.1, 0.15) is 29.2 Å². The minimum Gasteiger partial charge on any atom is -0.497 e. The molecule has 0 aromatic heterocycles. The normalized spacial score (nSPS) is 15.1. The Hall–Kier alpha value is -4.30. The second-order valence-electron chi connectivity index (χ2n) is 14.6. The average Bonchev–Trinajstić information content (AvgIpc) is 3.36. The zero-order valence-corrected chi connectivity index (χ0v) is 36.1. The highest BCUT2D eigenvalue weighted by atomic mass is 16.7. The third-order valence-electron chi connectivity index (χ3n) is 9.06. The molecule has 2 aromatic carbocycles. The van der Waals surface area contributed by atoms with Crippen molar-refractivity contribution in [2.24, 2.45) is 0 Å². The first kappa shape index (κ1) is 48.7. The number of esters is 1. The van der Waals surface area contributed by atoms with E-state index in [4.69, 9.17) is 28.3 Å². The number of likely N-dealkylation sites (N-methyl/N-ethyl adjacent to an activating group) is 1. The number of carbonyl (C=O) groups excluding carboxylic acids is 4. The van der Waals surface area contributed by atoms with Crippen LogP contribution in [0.15, 0.2) is 36.4 Å². The predicted molar refractivity (Wildman–Crippen MR) is 216 cm³/mol. The minimum atomic E-state index is -1.12. The van der Waals surface area contributed by atoms with Crippen LogP contribution in [0.2, 0.25) is 0 Å². The summed E-state index contributed by atoms with van der Waals surface area (Å²) in [5.41, 5.74) is 1.14. The lowest BCUT2D eigenvalue weighted by Crippen LogP contribution is -2.48. The van der Waals surface area contributed by atoms with Gasteiger partial charge in [0.05, 0.1) is 39.1 Å². The lowest BCUT2D eigenvalue weighted by molar-refractivity contribution is -0.145. The maximum absolute atomic E-state index is 13.6.